The van der Waals surface area contributed by atoms with Crippen molar-refractivity contribution in [3.05, 3.63) is 0 Å². The maximum absolute atomic E-state index is 11.0. The van der Waals surface area contributed by atoms with Gasteiger partial charge in [-0.15, -0.1) is 0 Å². The van der Waals surface area contributed by atoms with Gasteiger partial charge in [-0.3, -0.25) is 0 Å². The number of hydrogen-bond donors (Lipinski definition) is 0. The van der Waals surface area contributed by atoms with E-state index >= 15 is 0 Å². The van der Waals surface area contributed by atoms with Crippen LogP contribution in [0.25, 0.3) is 0 Å². The van der Waals surface area contributed by atoms with E-state index in [-0.39, 0.29) is 10.8 Å². The van der Waals surface area contributed by atoms with Crippen LogP contribution in [0, 0.1) is 16.7 Å². The van der Waals surface area contributed by atoms with E-state index in [1.165, 1.54) is 0 Å². The molecule has 0 spiro atoms. The second-order valence-electron chi connectivity index (χ2n) is 5.45. The molecule has 0 fully saturated rings. The van der Waals surface area contributed by atoms with Crippen molar-refractivity contribution in [2.24, 2.45) is 16.7 Å². The summed E-state index contributed by atoms with van der Waals surface area (Å²) in [4.78, 5) is 11.0. The molecule has 0 radical (unpaired) electrons. The van der Waals surface area contributed by atoms with E-state index in [4.69, 9.17) is 0 Å². The fourth-order valence-electron chi connectivity index (χ4n) is 1.49. The number of aldehydes is 1. The topological polar surface area (TPSA) is 17.1 Å². The zero-order chi connectivity index (χ0) is 10.7. The van der Waals surface area contributed by atoms with E-state index in [1.807, 2.05) is 0 Å². The Morgan fingerprint density at radius 1 is 1.23 bits per heavy atom. The van der Waals surface area contributed by atoms with Crippen LogP contribution in [-0.2, 0) is 4.79 Å². The second kappa shape index (κ2) is 4.26. The Balaban J connectivity index is 4.48. The summed E-state index contributed by atoms with van der Waals surface area (Å²) in [5.41, 5.74) is 0.124. The Bertz CT molecular complexity index is 170. The minimum atomic E-state index is -0.131. The Morgan fingerprint density at radius 3 is 1.92 bits per heavy atom. The van der Waals surface area contributed by atoms with E-state index in [9.17, 15) is 4.79 Å². The summed E-state index contributed by atoms with van der Waals surface area (Å²) < 4.78 is 0. The number of carbonyl (C=O) groups is 1. The molecule has 1 heteroatoms. The molecule has 1 atom stereocenters. The summed E-state index contributed by atoms with van der Waals surface area (Å²) in [6.45, 7) is 13.1. The summed E-state index contributed by atoms with van der Waals surface area (Å²) in [5, 5.41) is 0. The summed E-state index contributed by atoms with van der Waals surface area (Å²) in [6, 6.07) is 0. The lowest BCUT2D eigenvalue weighted by atomic mass is 9.68. The van der Waals surface area contributed by atoms with Gasteiger partial charge in [-0.2, -0.15) is 0 Å². The van der Waals surface area contributed by atoms with Crippen molar-refractivity contribution in [3.8, 4) is 0 Å². The predicted octanol–water partition coefficient (Wildman–Crippen LogP) is 3.67. The molecule has 0 aliphatic heterocycles. The van der Waals surface area contributed by atoms with Crippen molar-refractivity contribution < 1.29 is 4.79 Å². The van der Waals surface area contributed by atoms with Gasteiger partial charge in [0.05, 0.1) is 0 Å². The Kier molecular flexibility index (Phi) is 4.15. The minimum Gasteiger partial charge on any atom is -0.303 e. The summed E-state index contributed by atoms with van der Waals surface area (Å²) in [5.74, 6) is 0.623. The molecular weight excluding hydrogens is 160 g/mol. The molecule has 0 aliphatic carbocycles. The molecule has 0 amide bonds. The highest BCUT2D eigenvalue weighted by atomic mass is 16.1. The second-order valence-corrected chi connectivity index (χ2v) is 5.45. The summed E-state index contributed by atoms with van der Waals surface area (Å²) in [7, 11) is 0. The summed E-state index contributed by atoms with van der Waals surface area (Å²) >= 11 is 0. The van der Waals surface area contributed by atoms with Crippen LogP contribution in [0.4, 0.5) is 0 Å². The molecule has 0 aromatic carbocycles. The molecule has 0 N–H and O–H groups in total. The predicted molar refractivity (Wildman–Crippen MR) is 57.7 cm³/mol. The van der Waals surface area contributed by atoms with Gasteiger partial charge in [0.25, 0.3) is 0 Å². The van der Waals surface area contributed by atoms with Gasteiger partial charge in [-0.1, -0.05) is 41.5 Å². The molecule has 13 heavy (non-hydrogen) atoms. The Hall–Kier alpha value is -0.330. The molecule has 0 rings (SSSR count). The van der Waals surface area contributed by atoms with Gasteiger partial charge in [-0.25, -0.2) is 0 Å². The van der Waals surface area contributed by atoms with Crippen LogP contribution >= 0.6 is 0 Å². The molecule has 0 aromatic rings. The van der Waals surface area contributed by atoms with E-state index < -0.39 is 0 Å². The van der Waals surface area contributed by atoms with Crippen LogP contribution < -0.4 is 0 Å². The zero-order valence-corrected chi connectivity index (χ0v) is 9.98. The third kappa shape index (κ3) is 3.50. The highest BCUT2D eigenvalue weighted by molar-refractivity contribution is 5.58. The van der Waals surface area contributed by atoms with Crippen molar-refractivity contribution in [1.29, 1.82) is 0 Å². The lowest BCUT2D eigenvalue weighted by Crippen LogP contribution is -2.30. The first kappa shape index (κ1) is 12.7. The smallest absolute Gasteiger partial charge is 0.125 e. The molecule has 78 valence electrons. The Morgan fingerprint density at radius 2 is 1.69 bits per heavy atom. The van der Waals surface area contributed by atoms with Gasteiger partial charge >= 0.3 is 0 Å². The third-order valence-electron chi connectivity index (χ3n) is 3.51. The van der Waals surface area contributed by atoms with Crippen LogP contribution in [0.15, 0.2) is 0 Å². The molecule has 0 aromatic heterocycles. The minimum absolute atomic E-state index is 0.131. The standard InChI is InChI=1S/C12H24O/c1-7-12(6,9-13)8-11(4,5)10(2)3/h9-10H,7-8H2,1-6H3. The van der Waals surface area contributed by atoms with E-state index in [0.29, 0.717) is 5.92 Å². The lowest BCUT2D eigenvalue weighted by molar-refractivity contribution is -0.117. The van der Waals surface area contributed by atoms with Crippen LogP contribution in [0.2, 0.25) is 0 Å². The molecule has 0 saturated heterocycles. The van der Waals surface area contributed by atoms with Crippen molar-refractivity contribution in [2.75, 3.05) is 0 Å². The first-order valence-electron chi connectivity index (χ1n) is 5.24. The average Bonchev–Trinajstić information content (AvgIpc) is 2.03. The first-order chi connectivity index (χ1) is 5.77. The molecule has 1 nitrogen and oxygen atoms in total. The molecule has 1 unspecified atom stereocenters. The monoisotopic (exact) mass is 184 g/mol. The lowest BCUT2D eigenvalue weighted by Gasteiger charge is -2.36. The average molecular weight is 184 g/mol. The third-order valence-corrected chi connectivity index (χ3v) is 3.51. The van der Waals surface area contributed by atoms with E-state index in [2.05, 4.69) is 41.5 Å². The first-order valence-corrected chi connectivity index (χ1v) is 5.24. The van der Waals surface area contributed by atoms with Crippen LogP contribution in [0.3, 0.4) is 0 Å². The normalized spacial score (nSPS) is 17.2. The van der Waals surface area contributed by atoms with Crippen LogP contribution in [-0.4, -0.2) is 6.29 Å². The largest absolute Gasteiger partial charge is 0.303 e. The fraction of sp³-hybridized carbons (Fsp3) is 0.917. The highest BCUT2D eigenvalue weighted by Crippen LogP contribution is 2.39. The molecule has 0 heterocycles. The number of rotatable bonds is 5. The van der Waals surface area contributed by atoms with Crippen molar-refractivity contribution in [1.82, 2.24) is 0 Å². The van der Waals surface area contributed by atoms with Crippen LogP contribution in [0.5, 0.6) is 0 Å². The molecule has 0 saturated carbocycles. The van der Waals surface area contributed by atoms with Crippen molar-refractivity contribution in [3.63, 3.8) is 0 Å². The number of hydrogen-bond acceptors (Lipinski definition) is 1. The van der Waals surface area contributed by atoms with Gasteiger partial charge in [-0.05, 0) is 24.2 Å². The maximum atomic E-state index is 11.0. The Labute approximate surface area is 82.9 Å². The zero-order valence-electron chi connectivity index (χ0n) is 9.98. The SMILES string of the molecule is CCC(C)(C=O)CC(C)(C)C(C)C. The van der Waals surface area contributed by atoms with Crippen LogP contribution in [0.1, 0.15) is 54.4 Å². The van der Waals surface area contributed by atoms with Gasteiger partial charge in [0.1, 0.15) is 6.29 Å². The van der Waals surface area contributed by atoms with Crippen molar-refractivity contribution >= 4 is 6.29 Å². The van der Waals surface area contributed by atoms with Gasteiger partial charge in [0, 0.05) is 5.41 Å². The fourth-order valence-corrected chi connectivity index (χ4v) is 1.49. The molecule has 0 bridgehead atoms. The highest BCUT2D eigenvalue weighted by Gasteiger charge is 2.32. The molecule has 0 aliphatic rings. The van der Waals surface area contributed by atoms with Gasteiger partial charge < -0.3 is 4.79 Å². The maximum Gasteiger partial charge on any atom is 0.125 e. The van der Waals surface area contributed by atoms with Gasteiger partial charge in [0.15, 0.2) is 0 Å². The molecular formula is C12H24O. The van der Waals surface area contributed by atoms with E-state index in [1.54, 1.807) is 0 Å². The number of carbonyl (C=O) groups excluding carboxylic acids is 1. The van der Waals surface area contributed by atoms with Gasteiger partial charge in [0.2, 0.25) is 0 Å². The quantitative estimate of drug-likeness (QED) is 0.596. The van der Waals surface area contributed by atoms with Crippen molar-refractivity contribution in [2.45, 2.75) is 54.4 Å². The summed E-state index contributed by atoms with van der Waals surface area (Å²) in [6.07, 6.45) is 3.04. The van der Waals surface area contributed by atoms with E-state index in [0.717, 1.165) is 19.1 Å².